The van der Waals surface area contributed by atoms with E-state index >= 15 is 0 Å². The van der Waals surface area contributed by atoms with Gasteiger partial charge in [0, 0.05) is 42.5 Å². The standard InChI is InChI=1S/C18H24BrNO4/c19-15-5-3-4-14(12-15)18(8-10-24-11-9-18)13-20-16(21)6-1-2-7-17(22)23/h3-5,12H,1-2,6-11,13H2,(H,20,21)(H,22,23). The number of hydrogen-bond acceptors (Lipinski definition) is 3. The number of aliphatic carboxylic acids is 1. The molecule has 24 heavy (non-hydrogen) atoms. The minimum Gasteiger partial charge on any atom is -0.481 e. The van der Waals surface area contributed by atoms with Gasteiger partial charge in [-0.05, 0) is 43.4 Å². The van der Waals surface area contributed by atoms with Crippen LogP contribution in [-0.4, -0.2) is 36.7 Å². The van der Waals surface area contributed by atoms with Gasteiger partial charge in [0.2, 0.25) is 5.91 Å². The van der Waals surface area contributed by atoms with Crippen LogP contribution in [-0.2, 0) is 19.7 Å². The van der Waals surface area contributed by atoms with Gasteiger partial charge in [0.15, 0.2) is 0 Å². The first-order valence-electron chi connectivity index (χ1n) is 8.34. The van der Waals surface area contributed by atoms with E-state index in [1.165, 1.54) is 5.56 Å². The Morgan fingerprint density at radius 2 is 1.92 bits per heavy atom. The van der Waals surface area contributed by atoms with Crippen LogP contribution in [0.3, 0.4) is 0 Å². The fraction of sp³-hybridized carbons (Fsp3) is 0.556. The van der Waals surface area contributed by atoms with Gasteiger partial charge in [0.05, 0.1) is 0 Å². The van der Waals surface area contributed by atoms with Gasteiger partial charge in [-0.1, -0.05) is 28.1 Å². The van der Waals surface area contributed by atoms with Gasteiger partial charge >= 0.3 is 5.97 Å². The van der Waals surface area contributed by atoms with Gasteiger partial charge in [-0.2, -0.15) is 0 Å². The summed E-state index contributed by atoms with van der Waals surface area (Å²) >= 11 is 3.52. The molecule has 1 heterocycles. The maximum Gasteiger partial charge on any atom is 0.303 e. The lowest BCUT2D eigenvalue weighted by Gasteiger charge is -2.38. The lowest BCUT2D eigenvalue weighted by molar-refractivity contribution is -0.137. The van der Waals surface area contributed by atoms with E-state index in [-0.39, 0.29) is 17.7 Å². The number of unbranched alkanes of at least 4 members (excludes halogenated alkanes) is 1. The van der Waals surface area contributed by atoms with E-state index in [1.807, 2.05) is 12.1 Å². The van der Waals surface area contributed by atoms with Crippen molar-refractivity contribution >= 4 is 27.8 Å². The molecule has 1 amide bonds. The van der Waals surface area contributed by atoms with E-state index in [0.717, 1.165) is 17.3 Å². The summed E-state index contributed by atoms with van der Waals surface area (Å²) in [6, 6.07) is 8.24. The number of carbonyl (C=O) groups excluding carboxylic acids is 1. The fourth-order valence-electron chi connectivity index (χ4n) is 3.07. The second-order valence-corrected chi connectivity index (χ2v) is 7.20. The molecule has 0 unspecified atom stereocenters. The van der Waals surface area contributed by atoms with Crippen LogP contribution in [0.15, 0.2) is 28.7 Å². The zero-order chi connectivity index (χ0) is 17.4. The summed E-state index contributed by atoms with van der Waals surface area (Å²) in [6.45, 7) is 1.98. The zero-order valence-electron chi connectivity index (χ0n) is 13.7. The van der Waals surface area contributed by atoms with E-state index in [2.05, 4.69) is 33.4 Å². The molecule has 1 saturated heterocycles. The van der Waals surface area contributed by atoms with Crippen molar-refractivity contribution in [2.24, 2.45) is 0 Å². The Hall–Kier alpha value is -1.40. The second kappa shape index (κ2) is 9.18. The molecule has 0 saturated carbocycles. The Kier molecular flexibility index (Phi) is 7.24. The van der Waals surface area contributed by atoms with Crippen molar-refractivity contribution in [3.8, 4) is 0 Å². The van der Waals surface area contributed by atoms with Crippen molar-refractivity contribution in [1.29, 1.82) is 0 Å². The third-order valence-corrected chi connectivity index (χ3v) is 5.05. The number of hydrogen-bond donors (Lipinski definition) is 2. The molecule has 132 valence electrons. The Morgan fingerprint density at radius 3 is 2.58 bits per heavy atom. The van der Waals surface area contributed by atoms with Crippen LogP contribution < -0.4 is 5.32 Å². The van der Waals surface area contributed by atoms with Crippen molar-refractivity contribution in [2.75, 3.05) is 19.8 Å². The van der Waals surface area contributed by atoms with Crippen molar-refractivity contribution in [2.45, 2.75) is 43.9 Å². The molecule has 6 heteroatoms. The Morgan fingerprint density at radius 1 is 1.21 bits per heavy atom. The molecule has 0 bridgehead atoms. The number of carbonyl (C=O) groups is 2. The molecule has 1 aromatic rings. The molecule has 0 spiro atoms. The number of amides is 1. The lowest BCUT2D eigenvalue weighted by atomic mass is 9.74. The first-order chi connectivity index (χ1) is 11.5. The van der Waals surface area contributed by atoms with E-state index in [0.29, 0.717) is 39.0 Å². The molecular weight excluding hydrogens is 374 g/mol. The second-order valence-electron chi connectivity index (χ2n) is 6.28. The van der Waals surface area contributed by atoms with Crippen molar-refractivity contribution in [1.82, 2.24) is 5.32 Å². The summed E-state index contributed by atoms with van der Waals surface area (Å²) in [7, 11) is 0. The lowest BCUT2D eigenvalue weighted by Crippen LogP contribution is -2.44. The molecule has 0 radical (unpaired) electrons. The molecule has 1 fully saturated rings. The molecule has 2 N–H and O–H groups in total. The number of nitrogens with one attached hydrogen (secondary N) is 1. The van der Waals surface area contributed by atoms with Crippen LogP contribution in [0.4, 0.5) is 0 Å². The molecule has 1 aliphatic rings. The first kappa shape index (κ1) is 18.9. The summed E-state index contributed by atoms with van der Waals surface area (Å²) in [5, 5.41) is 11.7. The van der Waals surface area contributed by atoms with Crippen LogP contribution >= 0.6 is 15.9 Å². The topological polar surface area (TPSA) is 75.6 Å². The van der Waals surface area contributed by atoms with Crippen molar-refractivity contribution in [3.63, 3.8) is 0 Å². The summed E-state index contributed by atoms with van der Waals surface area (Å²) in [5.74, 6) is -0.826. The smallest absolute Gasteiger partial charge is 0.303 e. The van der Waals surface area contributed by atoms with E-state index in [4.69, 9.17) is 9.84 Å². The van der Waals surface area contributed by atoms with E-state index in [9.17, 15) is 9.59 Å². The third-order valence-electron chi connectivity index (χ3n) is 4.56. The van der Waals surface area contributed by atoms with Gasteiger partial charge in [0.25, 0.3) is 0 Å². The normalized spacial score (nSPS) is 16.5. The third kappa shape index (κ3) is 5.60. The summed E-state index contributed by atoms with van der Waals surface area (Å²) < 4.78 is 6.54. The average molecular weight is 398 g/mol. The largest absolute Gasteiger partial charge is 0.481 e. The monoisotopic (exact) mass is 397 g/mol. The summed E-state index contributed by atoms with van der Waals surface area (Å²) in [6.07, 6.45) is 3.38. The number of carboxylic acid groups (broad SMARTS) is 1. The summed E-state index contributed by atoms with van der Waals surface area (Å²) in [4.78, 5) is 22.6. The highest BCUT2D eigenvalue weighted by Crippen LogP contribution is 2.35. The predicted octanol–water partition coefficient (Wildman–Crippen LogP) is 3.26. The van der Waals surface area contributed by atoms with E-state index in [1.54, 1.807) is 0 Å². The number of benzene rings is 1. The van der Waals surface area contributed by atoms with Gasteiger partial charge in [-0.3, -0.25) is 9.59 Å². The molecule has 0 aliphatic carbocycles. The maximum atomic E-state index is 12.1. The SMILES string of the molecule is O=C(O)CCCCC(=O)NCC1(c2cccc(Br)c2)CCOCC1. The molecule has 0 aromatic heterocycles. The maximum absolute atomic E-state index is 12.1. The first-order valence-corrected chi connectivity index (χ1v) is 9.13. The average Bonchev–Trinajstić information content (AvgIpc) is 2.57. The van der Waals surface area contributed by atoms with Crippen LogP contribution in [0, 0.1) is 0 Å². The number of halogens is 1. The molecule has 1 aliphatic heterocycles. The zero-order valence-corrected chi connectivity index (χ0v) is 15.3. The highest BCUT2D eigenvalue weighted by Gasteiger charge is 2.34. The predicted molar refractivity (Wildman–Crippen MR) is 95.0 cm³/mol. The number of rotatable bonds is 8. The van der Waals surface area contributed by atoms with Crippen LogP contribution in [0.1, 0.15) is 44.1 Å². The molecule has 1 aromatic carbocycles. The van der Waals surface area contributed by atoms with Gasteiger partial charge in [-0.25, -0.2) is 0 Å². The minimum atomic E-state index is -0.814. The van der Waals surface area contributed by atoms with Gasteiger partial charge < -0.3 is 15.2 Å². The number of ether oxygens (including phenoxy) is 1. The fourth-order valence-corrected chi connectivity index (χ4v) is 3.47. The molecular formula is C18H24BrNO4. The number of carboxylic acids is 1. The minimum absolute atomic E-state index is 0.0127. The van der Waals surface area contributed by atoms with E-state index < -0.39 is 5.97 Å². The van der Waals surface area contributed by atoms with Crippen molar-refractivity contribution in [3.05, 3.63) is 34.3 Å². The Labute approximate surface area is 150 Å². The highest BCUT2D eigenvalue weighted by atomic mass is 79.9. The van der Waals surface area contributed by atoms with Gasteiger partial charge in [0.1, 0.15) is 0 Å². The molecule has 5 nitrogen and oxygen atoms in total. The molecule has 2 rings (SSSR count). The van der Waals surface area contributed by atoms with Crippen molar-refractivity contribution < 1.29 is 19.4 Å². The van der Waals surface area contributed by atoms with Crippen LogP contribution in [0.2, 0.25) is 0 Å². The van der Waals surface area contributed by atoms with Crippen LogP contribution in [0.5, 0.6) is 0 Å². The Bertz CT molecular complexity index is 570. The highest BCUT2D eigenvalue weighted by molar-refractivity contribution is 9.10. The quantitative estimate of drug-likeness (QED) is 0.660. The summed E-state index contributed by atoms with van der Waals surface area (Å²) in [5.41, 5.74) is 1.12. The molecule has 0 atom stereocenters. The van der Waals surface area contributed by atoms with Crippen LogP contribution in [0.25, 0.3) is 0 Å². The Balaban J connectivity index is 1.92. The van der Waals surface area contributed by atoms with Gasteiger partial charge in [-0.15, -0.1) is 0 Å².